The van der Waals surface area contributed by atoms with E-state index in [4.69, 9.17) is 10.5 Å². The molecule has 0 saturated heterocycles. The zero-order valence-electron chi connectivity index (χ0n) is 11.2. The fourth-order valence-corrected chi connectivity index (χ4v) is 1.58. The lowest BCUT2D eigenvalue weighted by Crippen LogP contribution is -2.23. The van der Waals surface area contributed by atoms with Gasteiger partial charge in [-0.1, -0.05) is 0 Å². The van der Waals surface area contributed by atoms with Crippen LogP contribution in [0.2, 0.25) is 0 Å². The molecule has 1 aromatic carbocycles. The molecule has 0 fully saturated rings. The van der Waals surface area contributed by atoms with Gasteiger partial charge in [-0.05, 0) is 24.6 Å². The number of amides is 1. The number of nitrogens with zero attached hydrogens (tertiary/aromatic N) is 1. The van der Waals surface area contributed by atoms with Crippen molar-refractivity contribution in [2.24, 2.45) is 0 Å². The normalized spacial score (nSPS) is 10.2. The Balaban J connectivity index is 2.80. The van der Waals surface area contributed by atoms with Crippen LogP contribution < -0.4 is 11.1 Å². The highest BCUT2D eigenvalue weighted by molar-refractivity contribution is 5.99. The molecule has 0 aliphatic carbocycles. The van der Waals surface area contributed by atoms with Gasteiger partial charge < -0.3 is 20.7 Å². The lowest BCUT2D eigenvalue weighted by Gasteiger charge is -2.16. The van der Waals surface area contributed by atoms with Crippen LogP contribution >= 0.6 is 0 Å². The van der Waals surface area contributed by atoms with E-state index in [1.807, 2.05) is 0 Å². The Kier molecular flexibility index (Phi) is 5.45. The van der Waals surface area contributed by atoms with E-state index in [-0.39, 0.29) is 5.91 Å². The highest BCUT2D eigenvalue weighted by atomic mass is 16.5. The molecule has 0 bridgehead atoms. The fraction of sp³-hybridized carbons (Fsp3) is 0.462. The van der Waals surface area contributed by atoms with Crippen molar-refractivity contribution >= 4 is 17.3 Å². The lowest BCUT2D eigenvalue weighted by atomic mass is 10.1. The van der Waals surface area contributed by atoms with E-state index in [2.05, 4.69) is 5.32 Å². The third kappa shape index (κ3) is 3.92. The minimum atomic E-state index is -0.0377. The monoisotopic (exact) mass is 251 g/mol. The van der Waals surface area contributed by atoms with Crippen LogP contribution in [0.4, 0.5) is 11.4 Å². The summed E-state index contributed by atoms with van der Waals surface area (Å²) in [6.45, 7) is 1.43. The van der Waals surface area contributed by atoms with Gasteiger partial charge in [0.15, 0.2) is 0 Å². The molecule has 5 nitrogen and oxygen atoms in total. The van der Waals surface area contributed by atoms with Crippen LogP contribution in [0.15, 0.2) is 18.2 Å². The summed E-state index contributed by atoms with van der Waals surface area (Å²) < 4.78 is 4.98. The van der Waals surface area contributed by atoms with Gasteiger partial charge in [0, 0.05) is 45.7 Å². The molecule has 1 amide bonds. The van der Waals surface area contributed by atoms with Gasteiger partial charge in [0.1, 0.15) is 0 Å². The molecule has 0 unspecified atom stereocenters. The van der Waals surface area contributed by atoms with Crippen molar-refractivity contribution in [3.63, 3.8) is 0 Å². The van der Waals surface area contributed by atoms with Gasteiger partial charge in [-0.25, -0.2) is 0 Å². The Morgan fingerprint density at radius 2 is 2.17 bits per heavy atom. The van der Waals surface area contributed by atoms with Crippen LogP contribution in [-0.4, -0.2) is 45.2 Å². The number of carbonyl (C=O) groups is 1. The molecular weight excluding hydrogens is 230 g/mol. The molecule has 0 spiro atoms. The number of rotatable bonds is 6. The lowest BCUT2D eigenvalue weighted by molar-refractivity contribution is 0.0828. The van der Waals surface area contributed by atoms with Crippen LogP contribution in [-0.2, 0) is 4.74 Å². The Morgan fingerprint density at radius 1 is 1.44 bits per heavy atom. The molecule has 0 aliphatic heterocycles. The van der Waals surface area contributed by atoms with Crippen LogP contribution in [0, 0.1) is 0 Å². The number of ether oxygens (including phenoxy) is 1. The standard InChI is InChI=1S/C13H21N3O2/c1-16(2)13(17)11-6-5-10(14)9-12(11)15-7-4-8-18-3/h5-6,9,15H,4,7-8,14H2,1-3H3. The van der Waals surface area contributed by atoms with Gasteiger partial charge >= 0.3 is 0 Å². The van der Waals surface area contributed by atoms with Crippen molar-refractivity contribution in [3.8, 4) is 0 Å². The molecule has 0 atom stereocenters. The molecule has 3 N–H and O–H groups in total. The smallest absolute Gasteiger partial charge is 0.255 e. The second kappa shape index (κ2) is 6.86. The highest BCUT2D eigenvalue weighted by Gasteiger charge is 2.13. The zero-order valence-corrected chi connectivity index (χ0v) is 11.2. The summed E-state index contributed by atoms with van der Waals surface area (Å²) in [5, 5.41) is 3.22. The maximum absolute atomic E-state index is 12.0. The number of hydrogen-bond acceptors (Lipinski definition) is 4. The topological polar surface area (TPSA) is 67.6 Å². The van der Waals surface area contributed by atoms with Gasteiger partial charge in [0.25, 0.3) is 5.91 Å². The molecule has 0 saturated carbocycles. The minimum Gasteiger partial charge on any atom is -0.399 e. The predicted octanol–water partition coefficient (Wildman–Crippen LogP) is 1.42. The van der Waals surface area contributed by atoms with Crippen LogP contribution in [0.25, 0.3) is 0 Å². The van der Waals surface area contributed by atoms with Gasteiger partial charge in [0.2, 0.25) is 0 Å². The summed E-state index contributed by atoms with van der Waals surface area (Å²) in [6, 6.07) is 5.26. The first kappa shape index (κ1) is 14.3. The Bertz CT molecular complexity index is 405. The summed E-state index contributed by atoms with van der Waals surface area (Å²) in [5.41, 5.74) is 7.78. The first-order chi connectivity index (χ1) is 8.56. The van der Waals surface area contributed by atoms with Gasteiger partial charge in [-0.15, -0.1) is 0 Å². The summed E-state index contributed by atoms with van der Waals surface area (Å²) in [6.07, 6.45) is 0.876. The van der Waals surface area contributed by atoms with E-state index >= 15 is 0 Å². The van der Waals surface area contributed by atoms with E-state index in [1.165, 1.54) is 0 Å². The SMILES string of the molecule is COCCCNc1cc(N)ccc1C(=O)N(C)C. The summed E-state index contributed by atoms with van der Waals surface area (Å²) in [7, 11) is 5.13. The highest BCUT2D eigenvalue weighted by Crippen LogP contribution is 2.20. The maximum Gasteiger partial charge on any atom is 0.255 e. The molecule has 5 heteroatoms. The van der Waals surface area contributed by atoms with Crippen LogP contribution in [0.3, 0.4) is 0 Å². The molecule has 0 aromatic heterocycles. The number of hydrogen-bond donors (Lipinski definition) is 2. The number of benzene rings is 1. The quantitative estimate of drug-likeness (QED) is 0.592. The first-order valence-corrected chi connectivity index (χ1v) is 5.90. The number of carbonyl (C=O) groups excluding carboxylic acids is 1. The van der Waals surface area contributed by atoms with E-state index in [0.29, 0.717) is 17.9 Å². The average Bonchev–Trinajstić information content (AvgIpc) is 2.34. The van der Waals surface area contributed by atoms with E-state index in [9.17, 15) is 4.79 Å². The van der Waals surface area contributed by atoms with E-state index < -0.39 is 0 Å². The maximum atomic E-state index is 12.0. The minimum absolute atomic E-state index is 0.0377. The van der Waals surface area contributed by atoms with Crippen LogP contribution in [0.1, 0.15) is 16.8 Å². The predicted molar refractivity (Wildman–Crippen MR) is 73.9 cm³/mol. The first-order valence-electron chi connectivity index (χ1n) is 5.90. The molecule has 1 rings (SSSR count). The molecule has 100 valence electrons. The second-order valence-electron chi connectivity index (χ2n) is 4.28. The van der Waals surface area contributed by atoms with Crippen molar-refractivity contribution in [1.29, 1.82) is 0 Å². The van der Waals surface area contributed by atoms with E-state index in [1.54, 1.807) is 44.3 Å². The number of nitrogen functional groups attached to an aromatic ring is 1. The number of anilines is 2. The summed E-state index contributed by atoms with van der Waals surface area (Å²) in [5.74, 6) is -0.0377. The molecule has 0 heterocycles. The second-order valence-corrected chi connectivity index (χ2v) is 4.28. The Morgan fingerprint density at radius 3 is 2.78 bits per heavy atom. The van der Waals surface area contributed by atoms with Crippen molar-refractivity contribution in [1.82, 2.24) is 4.90 Å². The van der Waals surface area contributed by atoms with Gasteiger partial charge in [-0.2, -0.15) is 0 Å². The molecule has 1 aromatic rings. The van der Waals surface area contributed by atoms with Crippen molar-refractivity contribution in [2.75, 3.05) is 45.4 Å². The summed E-state index contributed by atoms with van der Waals surface area (Å²) >= 11 is 0. The molecule has 0 aliphatic rings. The molecular formula is C13H21N3O2. The zero-order chi connectivity index (χ0) is 13.5. The molecule has 18 heavy (non-hydrogen) atoms. The van der Waals surface area contributed by atoms with Crippen LogP contribution in [0.5, 0.6) is 0 Å². The fourth-order valence-electron chi connectivity index (χ4n) is 1.58. The summed E-state index contributed by atoms with van der Waals surface area (Å²) in [4.78, 5) is 13.5. The largest absolute Gasteiger partial charge is 0.399 e. The number of methoxy groups -OCH3 is 1. The third-order valence-corrected chi connectivity index (χ3v) is 2.52. The molecule has 0 radical (unpaired) electrons. The Labute approximate surface area is 108 Å². The van der Waals surface area contributed by atoms with Crippen molar-refractivity contribution in [3.05, 3.63) is 23.8 Å². The number of nitrogens with two attached hydrogens (primary N) is 1. The average molecular weight is 251 g/mol. The Hall–Kier alpha value is -1.75. The van der Waals surface area contributed by atoms with Crippen molar-refractivity contribution in [2.45, 2.75) is 6.42 Å². The van der Waals surface area contributed by atoms with Crippen molar-refractivity contribution < 1.29 is 9.53 Å². The third-order valence-electron chi connectivity index (χ3n) is 2.52. The van der Waals surface area contributed by atoms with E-state index in [0.717, 1.165) is 18.7 Å². The van der Waals surface area contributed by atoms with Gasteiger partial charge in [-0.3, -0.25) is 4.79 Å². The number of nitrogens with one attached hydrogen (secondary N) is 1. The van der Waals surface area contributed by atoms with Gasteiger partial charge in [0.05, 0.1) is 5.56 Å².